The highest BCUT2D eigenvalue weighted by Gasteiger charge is 2.16. The molecule has 1 aliphatic rings. The van der Waals surface area contributed by atoms with Gasteiger partial charge in [0.05, 0.1) is 24.8 Å². The Morgan fingerprint density at radius 3 is 2.81 bits per heavy atom. The summed E-state index contributed by atoms with van der Waals surface area (Å²) in [6.07, 6.45) is 2.08. The van der Waals surface area contributed by atoms with E-state index >= 15 is 0 Å². The number of benzene rings is 1. The third-order valence-electron chi connectivity index (χ3n) is 2.78. The average Bonchev–Trinajstić information content (AvgIpc) is 2.33. The Balaban J connectivity index is 2.10. The van der Waals surface area contributed by atoms with E-state index in [0.717, 1.165) is 37.4 Å². The molecule has 1 saturated heterocycles. The van der Waals surface area contributed by atoms with Crippen LogP contribution in [0.4, 0.5) is 0 Å². The Morgan fingerprint density at radius 2 is 2.12 bits per heavy atom. The fraction of sp³-hybridized carbons (Fsp3) is 0.462. The number of aryl methyl sites for hydroxylation is 1. The van der Waals surface area contributed by atoms with Crippen LogP contribution in [0.3, 0.4) is 0 Å². The molecular formula is C13H15NO2. The molecule has 2 rings (SSSR count). The summed E-state index contributed by atoms with van der Waals surface area (Å²) >= 11 is 0. The maximum absolute atomic E-state index is 8.83. The molecule has 0 amide bonds. The number of nitrogens with zero attached hydrogens (tertiary/aromatic N) is 1. The zero-order valence-corrected chi connectivity index (χ0v) is 9.40. The van der Waals surface area contributed by atoms with Gasteiger partial charge >= 0.3 is 0 Å². The van der Waals surface area contributed by atoms with Crippen molar-refractivity contribution in [2.75, 3.05) is 13.2 Å². The molecule has 0 N–H and O–H groups in total. The molecule has 0 radical (unpaired) electrons. The lowest BCUT2D eigenvalue weighted by Crippen LogP contribution is -2.26. The van der Waals surface area contributed by atoms with Crippen LogP contribution in [0.25, 0.3) is 0 Å². The van der Waals surface area contributed by atoms with E-state index in [1.807, 2.05) is 25.1 Å². The molecule has 84 valence electrons. The van der Waals surface area contributed by atoms with Gasteiger partial charge < -0.3 is 9.47 Å². The summed E-state index contributed by atoms with van der Waals surface area (Å²) in [4.78, 5) is 0. The van der Waals surface area contributed by atoms with Crippen molar-refractivity contribution in [3.05, 3.63) is 29.3 Å². The standard InChI is InChI=1S/C13H15NO2/c1-10-2-3-11(9-14)8-13(10)16-12-4-6-15-7-5-12/h2-3,8,12H,4-7H2,1H3. The second-order valence-electron chi connectivity index (χ2n) is 4.02. The average molecular weight is 217 g/mol. The molecular weight excluding hydrogens is 202 g/mol. The highest BCUT2D eigenvalue weighted by Crippen LogP contribution is 2.23. The van der Waals surface area contributed by atoms with E-state index in [9.17, 15) is 0 Å². The Bertz CT molecular complexity index is 403. The van der Waals surface area contributed by atoms with E-state index in [1.165, 1.54) is 0 Å². The van der Waals surface area contributed by atoms with E-state index in [4.69, 9.17) is 14.7 Å². The van der Waals surface area contributed by atoms with Crippen molar-refractivity contribution in [2.24, 2.45) is 0 Å². The van der Waals surface area contributed by atoms with Crippen LogP contribution >= 0.6 is 0 Å². The number of rotatable bonds is 2. The molecule has 3 heteroatoms. The van der Waals surface area contributed by atoms with E-state index in [-0.39, 0.29) is 6.10 Å². The lowest BCUT2D eigenvalue weighted by molar-refractivity contribution is 0.0253. The second kappa shape index (κ2) is 5.00. The summed E-state index contributed by atoms with van der Waals surface area (Å²) in [6.45, 7) is 3.53. The summed E-state index contributed by atoms with van der Waals surface area (Å²) in [5.41, 5.74) is 1.72. The van der Waals surface area contributed by atoms with Crippen molar-refractivity contribution >= 4 is 0 Å². The van der Waals surface area contributed by atoms with Gasteiger partial charge in [-0.25, -0.2) is 0 Å². The van der Waals surface area contributed by atoms with Crippen LogP contribution in [0.1, 0.15) is 24.0 Å². The fourth-order valence-electron chi connectivity index (χ4n) is 1.77. The highest BCUT2D eigenvalue weighted by molar-refractivity contribution is 5.41. The molecule has 1 fully saturated rings. The van der Waals surface area contributed by atoms with Gasteiger partial charge in [-0.2, -0.15) is 5.26 Å². The van der Waals surface area contributed by atoms with Crippen LogP contribution in [0, 0.1) is 18.3 Å². The van der Waals surface area contributed by atoms with Gasteiger partial charge in [0.2, 0.25) is 0 Å². The molecule has 3 nitrogen and oxygen atoms in total. The first-order valence-corrected chi connectivity index (χ1v) is 5.55. The van der Waals surface area contributed by atoms with Crippen molar-refractivity contribution in [3.63, 3.8) is 0 Å². The smallest absolute Gasteiger partial charge is 0.123 e. The Hall–Kier alpha value is -1.53. The highest BCUT2D eigenvalue weighted by atomic mass is 16.5. The lowest BCUT2D eigenvalue weighted by Gasteiger charge is -2.24. The summed E-state index contributed by atoms with van der Waals surface area (Å²) in [7, 11) is 0. The molecule has 1 aromatic carbocycles. The van der Waals surface area contributed by atoms with Gasteiger partial charge in [0, 0.05) is 12.8 Å². The monoisotopic (exact) mass is 217 g/mol. The lowest BCUT2D eigenvalue weighted by atomic mass is 10.1. The minimum absolute atomic E-state index is 0.224. The molecule has 1 aromatic rings. The van der Waals surface area contributed by atoms with Crippen LogP contribution in [-0.2, 0) is 4.74 Å². The molecule has 0 aromatic heterocycles. The molecule has 0 saturated carbocycles. The van der Waals surface area contributed by atoms with Gasteiger partial charge in [0.25, 0.3) is 0 Å². The summed E-state index contributed by atoms with van der Waals surface area (Å²) in [6, 6.07) is 7.67. The molecule has 1 aliphatic heterocycles. The minimum atomic E-state index is 0.224. The zero-order chi connectivity index (χ0) is 11.4. The second-order valence-corrected chi connectivity index (χ2v) is 4.02. The number of nitriles is 1. The molecule has 1 heterocycles. The molecule has 0 bridgehead atoms. The van der Waals surface area contributed by atoms with Gasteiger partial charge in [-0.05, 0) is 24.6 Å². The van der Waals surface area contributed by atoms with E-state index < -0.39 is 0 Å². The third-order valence-corrected chi connectivity index (χ3v) is 2.78. The van der Waals surface area contributed by atoms with Crippen molar-refractivity contribution in [2.45, 2.75) is 25.9 Å². The normalized spacial score (nSPS) is 16.8. The van der Waals surface area contributed by atoms with Crippen molar-refractivity contribution < 1.29 is 9.47 Å². The number of ether oxygens (including phenoxy) is 2. The molecule has 0 unspecified atom stereocenters. The van der Waals surface area contributed by atoms with Crippen molar-refractivity contribution in [3.8, 4) is 11.8 Å². The summed E-state index contributed by atoms with van der Waals surface area (Å²) in [5, 5.41) is 8.83. The minimum Gasteiger partial charge on any atom is -0.490 e. The summed E-state index contributed by atoms with van der Waals surface area (Å²) < 4.78 is 11.2. The van der Waals surface area contributed by atoms with Gasteiger partial charge in [-0.1, -0.05) is 6.07 Å². The van der Waals surface area contributed by atoms with Crippen LogP contribution in [0.15, 0.2) is 18.2 Å². The largest absolute Gasteiger partial charge is 0.490 e. The van der Waals surface area contributed by atoms with Gasteiger partial charge in [-0.15, -0.1) is 0 Å². The molecule has 0 aliphatic carbocycles. The Morgan fingerprint density at radius 1 is 1.38 bits per heavy atom. The Kier molecular flexibility index (Phi) is 3.43. The predicted octanol–water partition coefficient (Wildman–Crippen LogP) is 2.42. The van der Waals surface area contributed by atoms with Crippen LogP contribution < -0.4 is 4.74 Å². The molecule has 16 heavy (non-hydrogen) atoms. The van der Waals surface area contributed by atoms with Crippen molar-refractivity contribution in [1.82, 2.24) is 0 Å². The van der Waals surface area contributed by atoms with Crippen LogP contribution in [0.5, 0.6) is 5.75 Å². The van der Waals surface area contributed by atoms with Crippen LogP contribution in [-0.4, -0.2) is 19.3 Å². The Labute approximate surface area is 95.6 Å². The maximum atomic E-state index is 8.83. The first kappa shape index (κ1) is 11.0. The van der Waals surface area contributed by atoms with Crippen LogP contribution in [0.2, 0.25) is 0 Å². The van der Waals surface area contributed by atoms with Crippen molar-refractivity contribution in [1.29, 1.82) is 5.26 Å². The van der Waals surface area contributed by atoms with E-state index in [2.05, 4.69) is 6.07 Å². The zero-order valence-electron chi connectivity index (χ0n) is 9.40. The SMILES string of the molecule is Cc1ccc(C#N)cc1OC1CCOCC1. The van der Waals surface area contributed by atoms with Gasteiger partial charge in [-0.3, -0.25) is 0 Å². The van der Waals surface area contributed by atoms with E-state index in [0.29, 0.717) is 5.56 Å². The van der Waals surface area contributed by atoms with Gasteiger partial charge in [0.1, 0.15) is 11.9 Å². The predicted molar refractivity (Wildman–Crippen MR) is 60.4 cm³/mol. The van der Waals surface area contributed by atoms with Gasteiger partial charge in [0.15, 0.2) is 0 Å². The first-order valence-electron chi connectivity index (χ1n) is 5.55. The molecule has 0 atom stereocenters. The quantitative estimate of drug-likeness (QED) is 0.764. The number of hydrogen-bond acceptors (Lipinski definition) is 3. The summed E-state index contributed by atoms with van der Waals surface area (Å²) in [5.74, 6) is 0.825. The third kappa shape index (κ3) is 2.53. The maximum Gasteiger partial charge on any atom is 0.123 e. The van der Waals surface area contributed by atoms with E-state index in [1.54, 1.807) is 0 Å². The molecule has 0 spiro atoms. The fourth-order valence-corrected chi connectivity index (χ4v) is 1.77. The topological polar surface area (TPSA) is 42.2 Å². The first-order chi connectivity index (χ1) is 7.79. The number of hydrogen-bond donors (Lipinski definition) is 0.